The van der Waals surface area contributed by atoms with Crippen molar-refractivity contribution >= 4 is 23.4 Å². The van der Waals surface area contributed by atoms with E-state index in [1.165, 1.54) is 16.3 Å². The maximum absolute atomic E-state index is 11.3. The highest BCUT2D eigenvalue weighted by Crippen LogP contribution is 2.18. The minimum atomic E-state index is -0.567. The molecule has 15 heavy (non-hydrogen) atoms. The lowest BCUT2D eigenvalue weighted by Crippen LogP contribution is -2.19. The number of aromatic nitrogens is 3. The summed E-state index contributed by atoms with van der Waals surface area (Å²) in [6, 6.07) is 1.95. The van der Waals surface area contributed by atoms with E-state index in [9.17, 15) is 4.79 Å². The minimum Gasteiger partial charge on any atom is -0.268 e. The molecule has 1 atom stereocenters. The third-order valence-electron chi connectivity index (χ3n) is 1.69. The summed E-state index contributed by atoms with van der Waals surface area (Å²) in [5, 5.41) is 14.7. The van der Waals surface area contributed by atoms with Crippen LogP contribution in [0.3, 0.4) is 0 Å². The van der Waals surface area contributed by atoms with Gasteiger partial charge in [0.1, 0.15) is 5.38 Å². The van der Waals surface area contributed by atoms with Crippen LogP contribution in [-0.4, -0.2) is 25.9 Å². The van der Waals surface area contributed by atoms with E-state index in [0.29, 0.717) is 10.9 Å². The molecule has 1 heterocycles. The van der Waals surface area contributed by atoms with Gasteiger partial charge in [-0.05, 0) is 13.8 Å². The Morgan fingerprint density at radius 3 is 2.93 bits per heavy atom. The molecular formula is C8H11ClN4OS. The Morgan fingerprint density at radius 1 is 1.73 bits per heavy atom. The normalized spacial score (nSPS) is 12.7. The Bertz CT molecular complexity index is 419. The molecule has 5 nitrogen and oxygen atoms in total. The fourth-order valence-corrected chi connectivity index (χ4v) is 2.13. The number of halogens is 1. The highest BCUT2D eigenvalue weighted by Gasteiger charge is 2.13. The van der Waals surface area contributed by atoms with Gasteiger partial charge in [0.15, 0.2) is 5.16 Å². The van der Waals surface area contributed by atoms with Crippen molar-refractivity contribution in [1.29, 1.82) is 5.26 Å². The first-order chi connectivity index (χ1) is 7.06. The summed E-state index contributed by atoms with van der Waals surface area (Å²) in [7, 11) is 0. The summed E-state index contributed by atoms with van der Waals surface area (Å²) in [5.74, 6) is 0.412. The number of nitrogens with one attached hydrogen (secondary N) is 1. The van der Waals surface area contributed by atoms with Crippen LogP contribution in [0.5, 0.6) is 0 Å². The summed E-state index contributed by atoms with van der Waals surface area (Å²) in [6.07, 6.45) is 0. The third-order valence-corrected chi connectivity index (χ3v) is 3.17. The first-order valence-corrected chi connectivity index (χ1v) is 5.82. The molecule has 7 heteroatoms. The fraction of sp³-hybridized carbons (Fsp3) is 0.625. The average Bonchev–Trinajstić information content (AvgIpc) is 2.56. The largest absolute Gasteiger partial charge is 0.344 e. The zero-order valence-corrected chi connectivity index (χ0v) is 9.97. The van der Waals surface area contributed by atoms with Crippen molar-refractivity contribution in [2.45, 2.75) is 30.4 Å². The molecule has 0 fully saturated rings. The van der Waals surface area contributed by atoms with Gasteiger partial charge in [0, 0.05) is 11.8 Å². The maximum Gasteiger partial charge on any atom is 0.344 e. The smallest absolute Gasteiger partial charge is 0.268 e. The van der Waals surface area contributed by atoms with Crippen LogP contribution in [0, 0.1) is 11.3 Å². The van der Waals surface area contributed by atoms with E-state index >= 15 is 0 Å². The lowest BCUT2D eigenvalue weighted by atomic mass is 10.4. The summed E-state index contributed by atoms with van der Waals surface area (Å²) in [5.41, 5.74) is -0.240. The summed E-state index contributed by atoms with van der Waals surface area (Å²) in [6.45, 7) is 3.78. The minimum absolute atomic E-state index is 0.0367. The Balaban J connectivity index is 2.78. The van der Waals surface area contributed by atoms with Crippen molar-refractivity contribution in [3.63, 3.8) is 0 Å². The number of thioether (sulfide) groups is 1. The molecule has 1 unspecified atom stereocenters. The summed E-state index contributed by atoms with van der Waals surface area (Å²) < 4.78 is 1.53. The van der Waals surface area contributed by atoms with E-state index in [0.717, 1.165) is 0 Å². The highest BCUT2D eigenvalue weighted by atomic mass is 35.5. The molecular weight excluding hydrogens is 236 g/mol. The van der Waals surface area contributed by atoms with Gasteiger partial charge in [-0.2, -0.15) is 5.26 Å². The molecule has 1 N–H and O–H groups in total. The van der Waals surface area contributed by atoms with Gasteiger partial charge in [0.05, 0.1) is 6.07 Å². The third kappa shape index (κ3) is 3.01. The van der Waals surface area contributed by atoms with Crippen LogP contribution >= 0.6 is 23.4 Å². The summed E-state index contributed by atoms with van der Waals surface area (Å²) >= 11 is 6.94. The number of rotatable bonds is 4. The first-order valence-electron chi connectivity index (χ1n) is 4.39. The molecule has 0 spiro atoms. The van der Waals surface area contributed by atoms with E-state index in [1.807, 2.05) is 19.9 Å². The van der Waals surface area contributed by atoms with Crippen molar-refractivity contribution in [3.8, 4) is 6.07 Å². The SMILES string of the molecule is CC(C)n1c(SCC(Cl)C#N)n[nH]c1=O. The van der Waals surface area contributed by atoms with Crippen molar-refractivity contribution in [2.75, 3.05) is 5.75 Å². The summed E-state index contributed by atoms with van der Waals surface area (Å²) in [4.78, 5) is 11.3. The highest BCUT2D eigenvalue weighted by molar-refractivity contribution is 7.99. The Hall–Kier alpha value is -0.930. The molecule has 82 valence electrons. The van der Waals surface area contributed by atoms with Crippen LogP contribution in [0.25, 0.3) is 0 Å². The van der Waals surface area contributed by atoms with Gasteiger partial charge >= 0.3 is 5.69 Å². The molecule has 0 saturated carbocycles. The van der Waals surface area contributed by atoms with E-state index in [4.69, 9.17) is 16.9 Å². The molecule has 0 aromatic carbocycles. The monoisotopic (exact) mass is 246 g/mol. The maximum atomic E-state index is 11.3. The second-order valence-electron chi connectivity index (χ2n) is 3.18. The number of nitriles is 1. The molecule has 0 bridgehead atoms. The number of nitrogens with zero attached hydrogens (tertiary/aromatic N) is 3. The van der Waals surface area contributed by atoms with Crippen LogP contribution in [-0.2, 0) is 0 Å². The number of alkyl halides is 1. The molecule has 0 radical (unpaired) electrons. The Kier molecular flexibility index (Phi) is 4.24. The van der Waals surface area contributed by atoms with E-state index in [-0.39, 0.29) is 11.7 Å². The lowest BCUT2D eigenvalue weighted by Gasteiger charge is -2.08. The Morgan fingerprint density at radius 2 is 2.40 bits per heavy atom. The average molecular weight is 247 g/mol. The van der Waals surface area contributed by atoms with Crippen LogP contribution < -0.4 is 5.69 Å². The fourth-order valence-electron chi connectivity index (χ4n) is 1.03. The first kappa shape index (κ1) is 12.1. The predicted octanol–water partition coefficient (Wildman–Crippen LogP) is 1.38. The molecule has 1 aromatic rings. The van der Waals surface area contributed by atoms with Gasteiger partial charge < -0.3 is 0 Å². The molecule has 0 aliphatic rings. The number of aromatic amines is 1. The van der Waals surface area contributed by atoms with Crippen molar-refractivity contribution in [3.05, 3.63) is 10.5 Å². The van der Waals surface area contributed by atoms with Gasteiger partial charge in [-0.25, -0.2) is 9.89 Å². The number of hydrogen-bond acceptors (Lipinski definition) is 4. The van der Waals surface area contributed by atoms with E-state index < -0.39 is 5.38 Å². The lowest BCUT2D eigenvalue weighted by molar-refractivity contribution is 0.534. The van der Waals surface area contributed by atoms with Gasteiger partial charge in [-0.15, -0.1) is 16.7 Å². The van der Waals surface area contributed by atoms with Crippen LogP contribution in [0.4, 0.5) is 0 Å². The van der Waals surface area contributed by atoms with Crippen molar-refractivity contribution < 1.29 is 0 Å². The predicted molar refractivity (Wildman–Crippen MR) is 59.2 cm³/mol. The molecule has 1 rings (SSSR count). The number of H-pyrrole nitrogens is 1. The van der Waals surface area contributed by atoms with Gasteiger partial charge in [-0.1, -0.05) is 11.8 Å². The topological polar surface area (TPSA) is 74.5 Å². The van der Waals surface area contributed by atoms with Crippen LogP contribution in [0.1, 0.15) is 19.9 Å². The van der Waals surface area contributed by atoms with Gasteiger partial charge in [-0.3, -0.25) is 4.57 Å². The standard InChI is InChI=1S/C8H11ClN4OS/c1-5(2)13-7(14)11-12-8(13)15-4-6(9)3-10/h5-6H,4H2,1-2H3,(H,11,14). The molecule has 1 aromatic heterocycles. The van der Waals surface area contributed by atoms with Crippen LogP contribution in [0.2, 0.25) is 0 Å². The zero-order chi connectivity index (χ0) is 11.4. The quantitative estimate of drug-likeness (QED) is 0.643. The molecule has 0 amide bonds. The van der Waals surface area contributed by atoms with Crippen molar-refractivity contribution in [2.24, 2.45) is 0 Å². The second-order valence-corrected chi connectivity index (χ2v) is 4.70. The zero-order valence-electron chi connectivity index (χ0n) is 8.40. The van der Waals surface area contributed by atoms with E-state index in [2.05, 4.69) is 10.2 Å². The van der Waals surface area contributed by atoms with Gasteiger partial charge in [0.2, 0.25) is 0 Å². The molecule has 0 aliphatic carbocycles. The van der Waals surface area contributed by atoms with Crippen molar-refractivity contribution in [1.82, 2.24) is 14.8 Å². The molecule has 0 aliphatic heterocycles. The molecule has 0 saturated heterocycles. The second kappa shape index (κ2) is 5.24. The van der Waals surface area contributed by atoms with E-state index in [1.54, 1.807) is 0 Å². The van der Waals surface area contributed by atoms with Gasteiger partial charge in [0.25, 0.3) is 0 Å². The Labute approximate surface area is 96.4 Å². The number of hydrogen-bond donors (Lipinski definition) is 1. The van der Waals surface area contributed by atoms with Crippen LogP contribution in [0.15, 0.2) is 9.95 Å².